The number of amides is 3. The standard InChI is InChI=1S/C14H26N4O6S/c1-7(19)11(14(23)24)18-13(22)9(5-6-25-2)17-12(21)8(15)3-4-10(16)20/h7-9,11,19H,3-6,15H2,1-2H3,(H2,16,20)(H,17,21)(H,18,22)(H,23,24). The van der Waals surface area contributed by atoms with Gasteiger partial charge in [0.2, 0.25) is 17.7 Å². The first-order chi connectivity index (χ1) is 11.6. The van der Waals surface area contributed by atoms with Crippen molar-refractivity contribution >= 4 is 35.5 Å². The number of carboxylic acids is 1. The summed E-state index contributed by atoms with van der Waals surface area (Å²) >= 11 is 1.44. The lowest BCUT2D eigenvalue weighted by molar-refractivity contribution is -0.145. The Balaban J connectivity index is 4.92. The molecule has 10 nitrogen and oxygen atoms in total. The van der Waals surface area contributed by atoms with Crippen LogP contribution in [0.3, 0.4) is 0 Å². The maximum atomic E-state index is 12.3. The van der Waals surface area contributed by atoms with Crippen LogP contribution in [-0.4, -0.2) is 70.1 Å². The van der Waals surface area contributed by atoms with E-state index in [-0.39, 0.29) is 19.3 Å². The molecule has 8 N–H and O–H groups in total. The zero-order valence-electron chi connectivity index (χ0n) is 14.2. The molecule has 0 saturated heterocycles. The highest BCUT2D eigenvalue weighted by Crippen LogP contribution is 2.04. The Morgan fingerprint density at radius 1 is 1.12 bits per heavy atom. The maximum Gasteiger partial charge on any atom is 0.328 e. The van der Waals surface area contributed by atoms with Crippen molar-refractivity contribution in [1.82, 2.24) is 10.6 Å². The number of nitrogens with two attached hydrogens (primary N) is 2. The van der Waals surface area contributed by atoms with Crippen molar-refractivity contribution in [1.29, 1.82) is 0 Å². The number of carbonyl (C=O) groups is 4. The summed E-state index contributed by atoms with van der Waals surface area (Å²) in [5.74, 6) is -2.84. The number of carbonyl (C=O) groups excluding carboxylic acids is 3. The van der Waals surface area contributed by atoms with Crippen molar-refractivity contribution in [2.45, 2.75) is 50.4 Å². The second kappa shape index (κ2) is 11.7. The van der Waals surface area contributed by atoms with Crippen LogP contribution in [0.1, 0.15) is 26.2 Å². The Bertz CT molecular complexity index is 488. The summed E-state index contributed by atoms with van der Waals surface area (Å²) in [4.78, 5) is 46.1. The first-order valence-corrected chi connectivity index (χ1v) is 9.04. The number of aliphatic hydroxyl groups excluding tert-OH is 1. The molecule has 0 fully saturated rings. The second-order valence-corrected chi connectivity index (χ2v) is 6.50. The molecule has 144 valence electrons. The number of aliphatic hydroxyl groups is 1. The van der Waals surface area contributed by atoms with Gasteiger partial charge in [-0.25, -0.2) is 4.79 Å². The summed E-state index contributed by atoms with van der Waals surface area (Å²) in [6.07, 6.45) is 0.706. The number of aliphatic carboxylic acids is 1. The lowest BCUT2D eigenvalue weighted by Crippen LogP contribution is -2.56. The Morgan fingerprint density at radius 3 is 2.16 bits per heavy atom. The Kier molecular flexibility index (Phi) is 10.8. The molecular weight excluding hydrogens is 352 g/mol. The number of thioether (sulfide) groups is 1. The van der Waals surface area contributed by atoms with Gasteiger partial charge in [-0.1, -0.05) is 0 Å². The quantitative estimate of drug-likeness (QED) is 0.220. The predicted molar refractivity (Wildman–Crippen MR) is 92.6 cm³/mol. The Hall–Kier alpha value is -1.85. The van der Waals surface area contributed by atoms with E-state index in [0.717, 1.165) is 0 Å². The lowest BCUT2D eigenvalue weighted by Gasteiger charge is -2.23. The summed E-state index contributed by atoms with van der Waals surface area (Å²) in [6, 6.07) is -3.53. The van der Waals surface area contributed by atoms with Crippen LogP contribution in [0.5, 0.6) is 0 Å². The van der Waals surface area contributed by atoms with E-state index in [2.05, 4.69) is 10.6 Å². The van der Waals surface area contributed by atoms with Gasteiger partial charge < -0.3 is 32.3 Å². The average Bonchev–Trinajstić information content (AvgIpc) is 2.52. The molecule has 0 heterocycles. The van der Waals surface area contributed by atoms with E-state index >= 15 is 0 Å². The molecule has 25 heavy (non-hydrogen) atoms. The van der Waals surface area contributed by atoms with Gasteiger partial charge in [-0.05, 0) is 31.8 Å². The molecule has 4 unspecified atom stereocenters. The number of primary amides is 1. The SMILES string of the molecule is CSCCC(NC(=O)C(N)CCC(N)=O)C(=O)NC(C(=O)O)C(C)O. The van der Waals surface area contributed by atoms with Gasteiger partial charge in [-0.2, -0.15) is 11.8 Å². The fourth-order valence-electron chi connectivity index (χ4n) is 1.85. The van der Waals surface area contributed by atoms with Crippen LogP contribution in [0.4, 0.5) is 0 Å². The summed E-state index contributed by atoms with van der Waals surface area (Å²) in [7, 11) is 0. The normalized spacial score (nSPS) is 15.5. The number of carboxylic acid groups (broad SMARTS) is 1. The summed E-state index contributed by atoms with van der Waals surface area (Å²) < 4.78 is 0. The minimum atomic E-state index is -1.50. The van der Waals surface area contributed by atoms with E-state index in [1.165, 1.54) is 18.7 Å². The van der Waals surface area contributed by atoms with E-state index in [9.17, 15) is 24.3 Å². The van der Waals surface area contributed by atoms with Crippen LogP contribution in [0.25, 0.3) is 0 Å². The molecule has 0 radical (unpaired) electrons. The van der Waals surface area contributed by atoms with E-state index in [1.807, 2.05) is 6.26 Å². The van der Waals surface area contributed by atoms with Gasteiger partial charge in [-0.3, -0.25) is 14.4 Å². The zero-order valence-corrected chi connectivity index (χ0v) is 15.0. The molecule has 3 amide bonds. The van der Waals surface area contributed by atoms with Gasteiger partial charge in [0.15, 0.2) is 6.04 Å². The minimum absolute atomic E-state index is 0.0312. The first kappa shape index (κ1) is 23.1. The van der Waals surface area contributed by atoms with Crippen molar-refractivity contribution in [3.05, 3.63) is 0 Å². The van der Waals surface area contributed by atoms with Crippen LogP contribution in [-0.2, 0) is 19.2 Å². The number of hydrogen-bond donors (Lipinski definition) is 6. The maximum absolute atomic E-state index is 12.3. The van der Waals surface area contributed by atoms with Crippen LogP contribution < -0.4 is 22.1 Å². The van der Waals surface area contributed by atoms with Gasteiger partial charge in [-0.15, -0.1) is 0 Å². The molecule has 0 aliphatic rings. The van der Waals surface area contributed by atoms with Crippen molar-refractivity contribution in [2.75, 3.05) is 12.0 Å². The third-order valence-electron chi connectivity index (χ3n) is 3.33. The number of hydrogen-bond acceptors (Lipinski definition) is 7. The Labute approximate surface area is 150 Å². The first-order valence-electron chi connectivity index (χ1n) is 7.64. The average molecular weight is 378 g/mol. The van der Waals surface area contributed by atoms with Gasteiger partial charge in [0.1, 0.15) is 6.04 Å². The lowest BCUT2D eigenvalue weighted by atomic mass is 10.1. The molecule has 11 heteroatoms. The molecule has 0 aromatic rings. The van der Waals surface area contributed by atoms with E-state index in [0.29, 0.717) is 5.75 Å². The fourth-order valence-corrected chi connectivity index (χ4v) is 2.33. The van der Waals surface area contributed by atoms with Gasteiger partial charge in [0.05, 0.1) is 12.1 Å². The molecule has 0 aliphatic heterocycles. The molecular formula is C14H26N4O6S. The molecule has 0 saturated carbocycles. The molecule has 0 aliphatic carbocycles. The zero-order chi connectivity index (χ0) is 19.6. The molecule has 0 bridgehead atoms. The van der Waals surface area contributed by atoms with Gasteiger partial charge >= 0.3 is 5.97 Å². The highest BCUT2D eigenvalue weighted by Gasteiger charge is 2.30. The topological polar surface area (TPSA) is 185 Å². The van der Waals surface area contributed by atoms with Crippen molar-refractivity contribution in [3.63, 3.8) is 0 Å². The molecule has 0 rings (SSSR count). The van der Waals surface area contributed by atoms with E-state index in [1.54, 1.807) is 0 Å². The smallest absolute Gasteiger partial charge is 0.328 e. The van der Waals surface area contributed by atoms with Gasteiger partial charge in [0, 0.05) is 6.42 Å². The molecule has 4 atom stereocenters. The molecule has 0 aromatic heterocycles. The molecule has 0 spiro atoms. The van der Waals surface area contributed by atoms with Crippen molar-refractivity contribution in [3.8, 4) is 0 Å². The summed E-state index contributed by atoms with van der Waals surface area (Å²) in [6.45, 7) is 1.23. The van der Waals surface area contributed by atoms with Crippen LogP contribution in [0.2, 0.25) is 0 Å². The van der Waals surface area contributed by atoms with Crippen LogP contribution >= 0.6 is 11.8 Å². The second-order valence-electron chi connectivity index (χ2n) is 5.52. The summed E-state index contributed by atoms with van der Waals surface area (Å²) in [5.41, 5.74) is 10.6. The largest absolute Gasteiger partial charge is 0.480 e. The van der Waals surface area contributed by atoms with Crippen molar-refractivity contribution < 1.29 is 29.4 Å². The van der Waals surface area contributed by atoms with E-state index in [4.69, 9.17) is 16.6 Å². The molecule has 0 aromatic carbocycles. The highest BCUT2D eigenvalue weighted by atomic mass is 32.2. The third-order valence-corrected chi connectivity index (χ3v) is 3.97. The van der Waals surface area contributed by atoms with Crippen molar-refractivity contribution in [2.24, 2.45) is 11.5 Å². The summed E-state index contributed by atoms with van der Waals surface area (Å²) in [5, 5.41) is 23.1. The number of nitrogens with one attached hydrogen (secondary N) is 2. The fraction of sp³-hybridized carbons (Fsp3) is 0.714. The highest BCUT2D eigenvalue weighted by molar-refractivity contribution is 7.98. The minimum Gasteiger partial charge on any atom is -0.480 e. The van der Waals surface area contributed by atoms with Crippen LogP contribution in [0, 0.1) is 0 Å². The third kappa shape index (κ3) is 9.27. The van der Waals surface area contributed by atoms with E-state index < -0.39 is 47.9 Å². The number of rotatable bonds is 12. The van der Waals surface area contributed by atoms with Gasteiger partial charge in [0.25, 0.3) is 0 Å². The Morgan fingerprint density at radius 2 is 1.72 bits per heavy atom. The monoisotopic (exact) mass is 378 g/mol. The predicted octanol–water partition coefficient (Wildman–Crippen LogP) is -2.23. The van der Waals surface area contributed by atoms with Crippen LogP contribution in [0.15, 0.2) is 0 Å².